The van der Waals surface area contributed by atoms with Crippen molar-refractivity contribution in [3.05, 3.63) is 43.0 Å². The molecule has 136 valence electrons. The van der Waals surface area contributed by atoms with Crippen molar-refractivity contribution in [1.82, 2.24) is 20.2 Å². The fraction of sp³-hybridized carbons (Fsp3) is 0.353. The van der Waals surface area contributed by atoms with Gasteiger partial charge in [-0.2, -0.15) is 0 Å². The van der Waals surface area contributed by atoms with Crippen molar-refractivity contribution in [3.8, 4) is 0 Å². The van der Waals surface area contributed by atoms with Crippen LogP contribution < -0.4 is 10.6 Å². The van der Waals surface area contributed by atoms with Crippen molar-refractivity contribution in [1.29, 1.82) is 0 Å². The summed E-state index contributed by atoms with van der Waals surface area (Å²) in [6, 6.07) is 3.98. The summed E-state index contributed by atoms with van der Waals surface area (Å²) in [6.07, 6.45) is 6.53. The normalized spacial score (nSPS) is 15.9. The number of hydrogen-bond acceptors (Lipinski definition) is 5. The number of carbonyl (C=O) groups is 2. The van der Waals surface area contributed by atoms with E-state index >= 15 is 0 Å². The molecule has 1 saturated carbocycles. The third-order valence-electron chi connectivity index (χ3n) is 4.56. The van der Waals surface area contributed by atoms with Crippen LogP contribution in [0, 0.1) is 5.82 Å². The van der Waals surface area contributed by atoms with Crippen LogP contribution in [0.4, 0.5) is 15.8 Å². The van der Waals surface area contributed by atoms with Crippen LogP contribution in [0.2, 0.25) is 0 Å². The SMILES string of the molecule is C=CC(=O)Nc1cc(NC(=O)C2(n3cnnn3)CCCCC2)ccc1F. The van der Waals surface area contributed by atoms with E-state index < -0.39 is 17.3 Å². The average Bonchev–Trinajstić information content (AvgIpc) is 3.20. The predicted octanol–water partition coefficient (Wildman–Crippen LogP) is 2.23. The number of nitrogens with zero attached hydrogens (tertiary/aromatic N) is 4. The zero-order valence-corrected chi connectivity index (χ0v) is 14.1. The first-order valence-electron chi connectivity index (χ1n) is 8.33. The maximum absolute atomic E-state index is 13.9. The summed E-state index contributed by atoms with van der Waals surface area (Å²) in [5.41, 5.74) is -0.540. The molecule has 0 bridgehead atoms. The second kappa shape index (κ2) is 7.42. The van der Waals surface area contributed by atoms with Crippen LogP contribution in [-0.4, -0.2) is 32.0 Å². The van der Waals surface area contributed by atoms with Crippen LogP contribution in [0.1, 0.15) is 32.1 Å². The number of benzene rings is 1. The minimum atomic E-state index is -0.874. The van der Waals surface area contributed by atoms with Crippen LogP contribution in [0.25, 0.3) is 0 Å². The van der Waals surface area contributed by atoms with Crippen molar-refractivity contribution in [2.24, 2.45) is 0 Å². The van der Waals surface area contributed by atoms with E-state index in [1.807, 2.05) is 0 Å². The van der Waals surface area contributed by atoms with E-state index in [0.29, 0.717) is 18.5 Å². The Bertz CT molecular complexity index is 815. The summed E-state index contributed by atoms with van der Waals surface area (Å²) in [4.78, 5) is 24.4. The third-order valence-corrected chi connectivity index (χ3v) is 4.56. The first-order valence-corrected chi connectivity index (χ1v) is 8.33. The number of aromatic nitrogens is 4. The molecule has 0 unspecified atom stereocenters. The van der Waals surface area contributed by atoms with Gasteiger partial charge in [0.2, 0.25) is 5.91 Å². The zero-order valence-electron chi connectivity index (χ0n) is 14.1. The molecule has 3 rings (SSSR count). The largest absolute Gasteiger partial charge is 0.324 e. The molecule has 2 amide bonds. The first-order chi connectivity index (χ1) is 12.5. The monoisotopic (exact) mass is 358 g/mol. The number of carbonyl (C=O) groups excluding carboxylic acids is 2. The molecule has 2 N–H and O–H groups in total. The molecule has 8 nitrogen and oxygen atoms in total. The van der Waals surface area contributed by atoms with Crippen LogP contribution in [0.3, 0.4) is 0 Å². The summed E-state index contributed by atoms with van der Waals surface area (Å²) >= 11 is 0. The Hall–Kier alpha value is -3.10. The zero-order chi connectivity index (χ0) is 18.6. The lowest BCUT2D eigenvalue weighted by Gasteiger charge is -2.35. The van der Waals surface area contributed by atoms with E-state index in [2.05, 4.69) is 32.7 Å². The lowest BCUT2D eigenvalue weighted by molar-refractivity contribution is -0.126. The van der Waals surface area contributed by atoms with Crippen molar-refractivity contribution in [2.75, 3.05) is 10.6 Å². The Morgan fingerprint density at radius 1 is 1.23 bits per heavy atom. The van der Waals surface area contributed by atoms with Gasteiger partial charge >= 0.3 is 0 Å². The van der Waals surface area contributed by atoms with E-state index in [9.17, 15) is 14.0 Å². The first kappa shape index (κ1) is 17.7. The third kappa shape index (κ3) is 3.46. The second-order valence-corrected chi connectivity index (χ2v) is 6.19. The van der Waals surface area contributed by atoms with Gasteiger partial charge in [-0.05, 0) is 47.5 Å². The Labute approximate surface area is 149 Å². The molecule has 1 aliphatic carbocycles. The highest BCUT2D eigenvalue weighted by molar-refractivity contribution is 6.00. The molecule has 1 heterocycles. The summed E-state index contributed by atoms with van der Waals surface area (Å²) < 4.78 is 15.4. The number of nitrogens with one attached hydrogen (secondary N) is 2. The fourth-order valence-electron chi connectivity index (χ4n) is 3.18. The van der Waals surface area contributed by atoms with Gasteiger partial charge in [0.1, 0.15) is 17.7 Å². The lowest BCUT2D eigenvalue weighted by Crippen LogP contribution is -2.47. The van der Waals surface area contributed by atoms with E-state index in [-0.39, 0.29) is 11.6 Å². The van der Waals surface area contributed by atoms with Crippen molar-refractivity contribution >= 4 is 23.2 Å². The summed E-state index contributed by atoms with van der Waals surface area (Å²) in [5, 5.41) is 16.4. The maximum Gasteiger partial charge on any atom is 0.252 e. The molecular formula is C17H19FN6O2. The maximum atomic E-state index is 13.9. The van der Waals surface area contributed by atoms with Crippen LogP contribution >= 0.6 is 0 Å². The molecule has 0 aliphatic heterocycles. The van der Waals surface area contributed by atoms with Gasteiger partial charge in [-0.1, -0.05) is 25.8 Å². The standard InChI is InChI=1S/C17H19FN6O2/c1-2-15(25)21-14-10-12(6-7-13(14)18)20-16(26)17(8-4-3-5-9-17)24-11-19-22-23-24/h2,6-7,10-11H,1,3-5,8-9H2,(H,20,26)(H,21,25). The number of hydrogen-bond donors (Lipinski definition) is 2. The van der Waals surface area contributed by atoms with Gasteiger partial charge in [-0.15, -0.1) is 5.10 Å². The molecule has 1 fully saturated rings. The minimum absolute atomic E-state index is 0.0344. The highest BCUT2D eigenvalue weighted by atomic mass is 19.1. The quantitative estimate of drug-likeness (QED) is 0.798. The van der Waals surface area contributed by atoms with Crippen LogP contribution in [0.5, 0.6) is 0 Å². The molecule has 1 aromatic heterocycles. The van der Waals surface area contributed by atoms with Gasteiger partial charge in [0, 0.05) is 5.69 Å². The van der Waals surface area contributed by atoms with Crippen LogP contribution in [0.15, 0.2) is 37.2 Å². The van der Waals surface area contributed by atoms with E-state index in [0.717, 1.165) is 25.3 Å². The van der Waals surface area contributed by atoms with Crippen molar-refractivity contribution in [3.63, 3.8) is 0 Å². The van der Waals surface area contributed by atoms with Crippen molar-refractivity contribution < 1.29 is 14.0 Å². The lowest BCUT2D eigenvalue weighted by atomic mass is 9.81. The second-order valence-electron chi connectivity index (χ2n) is 6.19. The number of tetrazole rings is 1. The predicted molar refractivity (Wildman–Crippen MR) is 92.7 cm³/mol. The highest BCUT2D eigenvalue weighted by Gasteiger charge is 2.42. The molecule has 9 heteroatoms. The van der Waals surface area contributed by atoms with Crippen LogP contribution in [-0.2, 0) is 15.1 Å². The Balaban J connectivity index is 1.85. The van der Waals surface area contributed by atoms with Gasteiger partial charge in [0.15, 0.2) is 0 Å². The summed E-state index contributed by atoms with van der Waals surface area (Å²) in [7, 11) is 0. The topological polar surface area (TPSA) is 102 Å². The van der Waals surface area contributed by atoms with Crippen molar-refractivity contribution in [2.45, 2.75) is 37.6 Å². The molecule has 0 spiro atoms. The van der Waals surface area contributed by atoms with Gasteiger partial charge in [-0.25, -0.2) is 9.07 Å². The Morgan fingerprint density at radius 2 is 2.00 bits per heavy atom. The number of amides is 2. The summed E-state index contributed by atoms with van der Waals surface area (Å²) in [5.74, 6) is -1.41. The fourth-order valence-corrected chi connectivity index (χ4v) is 3.18. The van der Waals surface area contributed by atoms with E-state index in [1.165, 1.54) is 29.2 Å². The number of halogens is 1. The molecular weight excluding hydrogens is 339 g/mol. The van der Waals surface area contributed by atoms with Gasteiger partial charge in [0.25, 0.3) is 5.91 Å². The van der Waals surface area contributed by atoms with Gasteiger partial charge in [-0.3, -0.25) is 9.59 Å². The van der Waals surface area contributed by atoms with Gasteiger partial charge < -0.3 is 10.6 Å². The average molecular weight is 358 g/mol. The number of rotatable bonds is 5. The number of anilines is 2. The summed E-state index contributed by atoms with van der Waals surface area (Å²) in [6.45, 7) is 3.33. The molecule has 0 radical (unpaired) electrons. The smallest absolute Gasteiger partial charge is 0.252 e. The molecule has 26 heavy (non-hydrogen) atoms. The van der Waals surface area contributed by atoms with E-state index in [1.54, 1.807) is 0 Å². The van der Waals surface area contributed by atoms with E-state index in [4.69, 9.17) is 0 Å². The molecule has 2 aromatic rings. The van der Waals surface area contributed by atoms with Gasteiger partial charge in [0.05, 0.1) is 5.69 Å². The molecule has 0 atom stereocenters. The Morgan fingerprint density at radius 3 is 2.65 bits per heavy atom. The highest BCUT2D eigenvalue weighted by Crippen LogP contribution is 2.35. The minimum Gasteiger partial charge on any atom is -0.324 e. The molecule has 0 saturated heterocycles. The molecule has 1 aromatic carbocycles. The molecule has 1 aliphatic rings. The Kier molecular flexibility index (Phi) is 5.06.